The van der Waals surface area contributed by atoms with Crippen LogP contribution in [0.3, 0.4) is 0 Å². The van der Waals surface area contributed by atoms with Gasteiger partial charge in [0.05, 0.1) is 0 Å². The van der Waals surface area contributed by atoms with Crippen LogP contribution in [-0.4, -0.2) is 5.71 Å². The molecule has 0 unspecified atom stereocenters. The Hall–Kier alpha value is -1.05. The van der Waals surface area contributed by atoms with Crippen molar-refractivity contribution in [3.63, 3.8) is 0 Å². The molecule has 2 N–H and O–H groups in total. The van der Waals surface area contributed by atoms with Crippen molar-refractivity contribution < 1.29 is 0 Å². The molecule has 2 heteroatoms. The average Bonchev–Trinajstić information content (AvgIpc) is 1.87. The maximum Gasteiger partial charge on any atom is 0.0415 e. The standard InChI is InChI=1S/C7H12N2/c1-4-9-7(3)6(2)5-8/h4-5H,1,8H2,2-3H3/b6-5-,9-7-. The van der Waals surface area contributed by atoms with E-state index in [9.17, 15) is 0 Å². The van der Waals surface area contributed by atoms with E-state index in [1.54, 1.807) is 0 Å². The molecule has 0 aliphatic carbocycles. The molecule has 0 saturated heterocycles. The third kappa shape index (κ3) is 2.69. The summed E-state index contributed by atoms with van der Waals surface area (Å²) in [7, 11) is 0. The molecule has 0 aliphatic rings. The molecule has 0 heterocycles. The second-order valence-electron chi connectivity index (χ2n) is 1.75. The van der Waals surface area contributed by atoms with Crippen LogP contribution < -0.4 is 5.73 Å². The minimum absolute atomic E-state index is 0.910. The van der Waals surface area contributed by atoms with Gasteiger partial charge in [-0.15, -0.1) is 0 Å². The van der Waals surface area contributed by atoms with Gasteiger partial charge in [0.1, 0.15) is 0 Å². The Kier molecular flexibility index (Phi) is 3.44. The first-order valence-electron chi connectivity index (χ1n) is 2.76. The van der Waals surface area contributed by atoms with Crippen molar-refractivity contribution in [1.29, 1.82) is 0 Å². The number of aliphatic imine (C=N–C) groups is 1. The molecule has 50 valence electrons. The Morgan fingerprint density at radius 2 is 2.11 bits per heavy atom. The van der Waals surface area contributed by atoms with Crippen LogP contribution in [0.5, 0.6) is 0 Å². The van der Waals surface area contributed by atoms with Gasteiger partial charge in [-0.25, -0.2) is 0 Å². The number of nitrogens with two attached hydrogens (primary N) is 1. The van der Waals surface area contributed by atoms with Crippen molar-refractivity contribution in [3.8, 4) is 0 Å². The van der Waals surface area contributed by atoms with Crippen LogP contribution in [0.25, 0.3) is 0 Å². The Morgan fingerprint density at radius 1 is 1.56 bits per heavy atom. The summed E-state index contributed by atoms with van der Waals surface area (Å²) in [5.41, 5.74) is 7.12. The Labute approximate surface area is 55.8 Å². The van der Waals surface area contributed by atoms with Gasteiger partial charge >= 0.3 is 0 Å². The zero-order chi connectivity index (χ0) is 7.28. The largest absolute Gasteiger partial charge is 0.404 e. The van der Waals surface area contributed by atoms with Crippen LogP contribution in [0.4, 0.5) is 0 Å². The van der Waals surface area contributed by atoms with Crippen LogP contribution in [0, 0.1) is 0 Å². The maximum atomic E-state index is 5.23. The van der Waals surface area contributed by atoms with E-state index >= 15 is 0 Å². The molecule has 0 saturated carbocycles. The third-order valence-corrected chi connectivity index (χ3v) is 1.11. The molecule has 0 amide bonds. The van der Waals surface area contributed by atoms with Gasteiger partial charge in [-0.05, 0) is 25.6 Å². The molecule has 0 bridgehead atoms. The quantitative estimate of drug-likeness (QED) is 0.556. The van der Waals surface area contributed by atoms with Gasteiger partial charge in [-0.2, -0.15) is 0 Å². The first-order chi connectivity index (χ1) is 4.22. The number of hydrogen-bond acceptors (Lipinski definition) is 2. The van der Waals surface area contributed by atoms with Crippen molar-refractivity contribution in [1.82, 2.24) is 0 Å². The summed E-state index contributed by atoms with van der Waals surface area (Å²) in [6.07, 6.45) is 3.03. The van der Waals surface area contributed by atoms with Crippen LogP contribution >= 0.6 is 0 Å². The molecule has 0 atom stereocenters. The molecule has 0 aromatic rings. The SMILES string of the molecule is C=C/N=C(C)\C(C)=C/N. The van der Waals surface area contributed by atoms with Crippen LogP contribution in [0.15, 0.2) is 29.5 Å². The van der Waals surface area contributed by atoms with Crippen LogP contribution in [0.1, 0.15) is 13.8 Å². The van der Waals surface area contributed by atoms with Crippen LogP contribution in [0.2, 0.25) is 0 Å². The second kappa shape index (κ2) is 3.89. The molecule has 2 nitrogen and oxygen atoms in total. The molecule has 0 aliphatic heterocycles. The van der Waals surface area contributed by atoms with E-state index in [4.69, 9.17) is 5.73 Å². The van der Waals surface area contributed by atoms with E-state index in [0.717, 1.165) is 11.3 Å². The summed E-state index contributed by atoms with van der Waals surface area (Å²) >= 11 is 0. The van der Waals surface area contributed by atoms with Crippen molar-refractivity contribution in [2.75, 3.05) is 0 Å². The van der Waals surface area contributed by atoms with Crippen molar-refractivity contribution in [3.05, 3.63) is 24.6 Å². The van der Waals surface area contributed by atoms with Gasteiger partial charge in [0.15, 0.2) is 0 Å². The van der Waals surface area contributed by atoms with E-state index in [1.807, 2.05) is 13.8 Å². The van der Waals surface area contributed by atoms with Gasteiger partial charge in [-0.3, -0.25) is 4.99 Å². The minimum atomic E-state index is 0.910. The normalized spacial score (nSPS) is 13.6. The smallest absolute Gasteiger partial charge is 0.0415 e. The maximum absolute atomic E-state index is 5.23. The first kappa shape index (κ1) is 7.95. The molecule has 0 spiro atoms. The number of nitrogens with zero attached hydrogens (tertiary/aromatic N) is 1. The van der Waals surface area contributed by atoms with E-state index in [2.05, 4.69) is 11.6 Å². The van der Waals surface area contributed by atoms with Crippen molar-refractivity contribution in [2.24, 2.45) is 10.7 Å². The molecule has 0 aromatic heterocycles. The third-order valence-electron chi connectivity index (χ3n) is 1.11. The molecular weight excluding hydrogens is 112 g/mol. The minimum Gasteiger partial charge on any atom is -0.404 e. The molecular formula is C7H12N2. The summed E-state index contributed by atoms with van der Waals surface area (Å²) in [6.45, 7) is 7.26. The number of allylic oxidation sites excluding steroid dienone is 1. The summed E-state index contributed by atoms with van der Waals surface area (Å²) in [5.74, 6) is 0. The van der Waals surface area contributed by atoms with Gasteiger partial charge in [0, 0.05) is 11.9 Å². The first-order valence-corrected chi connectivity index (χ1v) is 2.76. The lowest BCUT2D eigenvalue weighted by atomic mass is 10.2. The van der Waals surface area contributed by atoms with Crippen molar-refractivity contribution in [2.45, 2.75) is 13.8 Å². The summed E-state index contributed by atoms with van der Waals surface area (Å²) in [5, 5.41) is 0. The lowest BCUT2D eigenvalue weighted by molar-refractivity contribution is 1.42. The lowest BCUT2D eigenvalue weighted by Crippen LogP contribution is -1.95. The predicted octanol–water partition coefficient (Wildman–Crippen LogP) is 1.45. The summed E-state index contributed by atoms with van der Waals surface area (Å²) < 4.78 is 0. The van der Waals surface area contributed by atoms with E-state index in [-0.39, 0.29) is 0 Å². The van der Waals surface area contributed by atoms with E-state index < -0.39 is 0 Å². The molecule has 0 radical (unpaired) electrons. The van der Waals surface area contributed by atoms with Crippen LogP contribution in [-0.2, 0) is 0 Å². The zero-order valence-corrected chi connectivity index (χ0v) is 5.89. The highest BCUT2D eigenvalue weighted by atomic mass is 14.7. The van der Waals surface area contributed by atoms with Gasteiger partial charge in [0.2, 0.25) is 0 Å². The number of hydrogen-bond donors (Lipinski definition) is 1. The Balaban J connectivity index is 4.19. The summed E-state index contributed by atoms with van der Waals surface area (Å²) in [6, 6.07) is 0. The monoisotopic (exact) mass is 124 g/mol. The average molecular weight is 124 g/mol. The lowest BCUT2D eigenvalue weighted by Gasteiger charge is -1.94. The molecule has 0 aromatic carbocycles. The fourth-order valence-corrected chi connectivity index (χ4v) is 0.359. The van der Waals surface area contributed by atoms with E-state index in [1.165, 1.54) is 12.4 Å². The highest BCUT2D eigenvalue weighted by Gasteiger charge is 1.88. The van der Waals surface area contributed by atoms with Gasteiger partial charge in [0.25, 0.3) is 0 Å². The molecule has 9 heavy (non-hydrogen) atoms. The van der Waals surface area contributed by atoms with E-state index in [0.29, 0.717) is 0 Å². The topological polar surface area (TPSA) is 38.4 Å². The Morgan fingerprint density at radius 3 is 2.44 bits per heavy atom. The highest BCUT2D eigenvalue weighted by Crippen LogP contribution is 1.93. The molecule has 0 rings (SSSR count). The Bertz CT molecular complexity index is 154. The van der Waals surface area contributed by atoms with Crippen molar-refractivity contribution >= 4 is 5.71 Å². The number of rotatable bonds is 2. The fourth-order valence-electron chi connectivity index (χ4n) is 0.359. The second-order valence-corrected chi connectivity index (χ2v) is 1.75. The molecule has 0 fully saturated rings. The summed E-state index contributed by atoms with van der Waals surface area (Å²) in [4.78, 5) is 3.93. The predicted molar refractivity (Wildman–Crippen MR) is 41.3 cm³/mol. The van der Waals surface area contributed by atoms with Gasteiger partial charge in [-0.1, -0.05) is 6.58 Å². The zero-order valence-electron chi connectivity index (χ0n) is 5.89. The van der Waals surface area contributed by atoms with Gasteiger partial charge < -0.3 is 5.73 Å². The highest BCUT2D eigenvalue weighted by molar-refractivity contribution is 5.97. The fraction of sp³-hybridized carbons (Fsp3) is 0.286.